The van der Waals surface area contributed by atoms with E-state index in [0.29, 0.717) is 38.8 Å². The lowest BCUT2D eigenvalue weighted by Crippen LogP contribution is -2.61. The van der Waals surface area contributed by atoms with Gasteiger partial charge in [-0.2, -0.15) is 14.0 Å². The van der Waals surface area contributed by atoms with Gasteiger partial charge in [-0.15, -0.1) is 0 Å². The first-order valence-electron chi connectivity index (χ1n) is 9.94. The Morgan fingerprint density at radius 2 is 1.70 bits per heavy atom. The number of hydrogen-bond donors (Lipinski definition) is 1. The molecule has 33 heavy (non-hydrogen) atoms. The Morgan fingerprint density at radius 3 is 2.36 bits per heavy atom. The fourth-order valence-corrected chi connectivity index (χ4v) is 4.15. The van der Waals surface area contributed by atoms with Crippen LogP contribution >= 0.6 is 0 Å². The average Bonchev–Trinajstić information content (AvgIpc) is 2.74. The summed E-state index contributed by atoms with van der Waals surface area (Å²) in [6.07, 6.45) is 0. The molecule has 8 nitrogen and oxygen atoms in total. The molecule has 0 fully saturated rings. The number of anilines is 1. The third-order valence-electron chi connectivity index (χ3n) is 5.67. The van der Waals surface area contributed by atoms with Gasteiger partial charge in [0.15, 0.2) is 0 Å². The predicted molar refractivity (Wildman–Crippen MR) is 113 cm³/mol. The van der Waals surface area contributed by atoms with E-state index in [9.17, 15) is 18.8 Å². The summed E-state index contributed by atoms with van der Waals surface area (Å²) in [4.78, 5) is 14.5. The molecule has 1 heterocycles. The van der Waals surface area contributed by atoms with Gasteiger partial charge in [-0.25, -0.2) is 4.79 Å². The van der Waals surface area contributed by atoms with Crippen LogP contribution in [0.3, 0.4) is 0 Å². The number of fused-ring (bicyclic) bond motifs is 2. The van der Waals surface area contributed by atoms with Crippen LogP contribution in [0.1, 0.15) is 21.5 Å². The minimum absolute atomic E-state index is 0.0816. The Labute approximate surface area is 191 Å². The Morgan fingerprint density at radius 1 is 1.00 bits per heavy atom. The van der Waals surface area contributed by atoms with Crippen molar-refractivity contribution in [1.29, 1.82) is 5.41 Å². The predicted octanol–water partition coefficient (Wildman–Crippen LogP) is 1.42. The molecule has 2 aromatic rings. The van der Waals surface area contributed by atoms with Crippen molar-refractivity contribution in [1.82, 2.24) is 0 Å². The number of benzene rings is 3. The number of rotatable bonds is 4. The second-order valence-electron chi connectivity index (χ2n) is 7.89. The van der Waals surface area contributed by atoms with Crippen LogP contribution in [0, 0.1) is 29.5 Å². The zero-order valence-corrected chi connectivity index (χ0v) is 19.1. The highest BCUT2D eigenvalue weighted by atomic mass is 35.7. The number of nitrogens with one attached hydrogen (secondary N) is 1. The first-order valence-corrected chi connectivity index (χ1v) is 11.2. The smallest absolute Gasteiger partial charge is 0.456 e. The SMILES string of the molecule is Cc1c2c(-c3ccccc3C(=O)O[Cl+3]([O-])([O-])[O-])c3ccc(N(C)C)cc3oc-2cc(=N)c1C. The van der Waals surface area contributed by atoms with E-state index >= 15 is 0 Å². The molecule has 0 bridgehead atoms. The highest BCUT2D eigenvalue weighted by Gasteiger charge is 2.31. The minimum atomic E-state index is -4.94. The van der Waals surface area contributed by atoms with Crippen molar-refractivity contribution in [3.8, 4) is 22.5 Å². The van der Waals surface area contributed by atoms with Crippen LogP contribution in [0.15, 0.2) is 52.9 Å². The molecule has 9 heteroatoms. The minimum Gasteiger partial charge on any atom is -0.456 e. The molecule has 2 aromatic carbocycles. The topological polar surface area (TPSA) is 136 Å². The maximum Gasteiger partial charge on any atom is 0.494 e. The average molecular weight is 469 g/mol. The van der Waals surface area contributed by atoms with E-state index < -0.39 is 16.2 Å². The summed E-state index contributed by atoms with van der Waals surface area (Å²) in [5.74, 6) is -0.833. The Balaban J connectivity index is 2.14. The van der Waals surface area contributed by atoms with E-state index in [-0.39, 0.29) is 5.56 Å². The third-order valence-corrected chi connectivity index (χ3v) is 5.99. The molecule has 4 rings (SSSR count). The number of halogens is 1. The lowest BCUT2D eigenvalue weighted by Gasteiger charge is -2.21. The van der Waals surface area contributed by atoms with Crippen molar-refractivity contribution in [2.45, 2.75) is 13.8 Å². The van der Waals surface area contributed by atoms with Gasteiger partial charge in [0.2, 0.25) is 0 Å². The van der Waals surface area contributed by atoms with Gasteiger partial charge >= 0.3 is 5.97 Å². The van der Waals surface area contributed by atoms with Gasteiger partial charge < -0.3 is 14.7 Å². The molecule has 0 spiro atoms. The first kappa shape index (κ1) is 22.8. The normalized spacial score (nSPS) is 11.7. The second-order valence-corrected chi connectivity index (χ2v) is 8.80. The van der Waals surface area contributed by atoms with Crippen LogP contribution in [0.25, 0.3) is 33.4 Å². The summed E-state index contributed by atoms with van der Waals surface area (Å²) in [6.45, 7) is 3.68. The quantitative estimate of drug-likeness (QED) is 0.447. The van der Waals surface area contributed by atoms with Crippen LogP contribution < -0.4 is 24.2 Å². The fraction of sp³-hybridized carbons (Fsp3) is 0.167. The molecule has 0 amide bonds. The molecule has 0 aromatic heterocycles. The van der Waals surface area contributed by atoms with Crippen molar-refractivity contribution in [3.63, 3.8) is 0 Å². The number of carbonyl (C=O) groups is 1. The van der Waals surface area contributed by atoms with Crippen molar-refractivity contribution in [2.24, 2.45) is 0 Å². The van der Waals surface area contributed by atoms with Gasteiger partial charge in [-0.1, -0.05) is 18.2 Å². The summed E-state index contributed by atoms with van der Waals surface area (Å²) < 4.78 is 43.5. The molecular weight excluding hydrogens is 448 g/mol. The van der Waals surface area contributed by atoms with E-state index in [1.54, 1.807) is 24.3 Å². The molecule has 1 aliphatic carbocycles. The highest BCUT2D eigenvalue weighted by Crippen LogP contribution is 2.44. The van der Waals surface area contributed by atoms with Gasteiger partial charge in [-0.05, 0) is 53.0 Å². The zero-order chi connectivity index (χ0) is 24.1. The summed E-state index contributed by atoms with van der Waals surface area (Å²) in [5.41, 5.74) is 4.52. The largest absolute Gasteiger partial charge is 0.494 e. The number of hydrogen-bond acceptors (Lipinski definition) is 8. The van der Waals surface area contributed by atoms with Crippen molar-refractivity contribution in [3.05, 3.63) is 70.6 Å². The molecule has 0 saturated carbocycles. The van der Waals surface area contributed by atoms with Crippen LogP contribution in [-0.4, -0.2) is 20.1 Å². The fourth-order valence-electron chi connectivity index (χ4n) is 3.90. The molecule has 0 atom stereocenters. The van der Waals surface area contributed by atoms with E-state index in [0.717, 1.165) is 16.8 Å². The van der Waals surface area contributed by atoms with Gasteiger partial charge in [0.25, 0.3) is 0 Å². The highest BCUT2D eigenvalue weighted by molar-refractivity contribution is 6.08. The van der Waals surface area contributed by atoms with E-state index in [1.165, 1.54) is 6.07 Å². The molecule has 0 unspecified atom stereocenters. The zero-order valence-electron chi connectivity index (χ0n) is 18.4. The van der Waals surface area contributed by atoms with E-state index in [4.69, 9.17) is 9.83 Å². The Kier molecular flexibility index (Phi) is 5.63. The molecule has 0 radical (unpaired) electrons. The van der Waals surface area contributed by atoms with Gasteiger partial charge in [-0.3, -0.25) is 0 Å². The van der Waals surface area contributed by atoms with Gasteiger partial charge in [0, 0.05) is 48.4 Å². The lowest BCUT2D eigenvalue weighted by molar-refractivity contribution is -1.92. The Hall–Kier alpha value is -3.43. The lowest BCUT2D eigenvalue weighted by atomic mass is 9.87. The molecule has 1 aliphatic heterocycles. The molecular formula is C24H21ClN2O6. The van der Waals surface area contributed by atoms with E-state index in [1.807, 2.05) is 51.0 Å². The van der Waals surface area contributed by atoms with Gasteiger partial charge in [0.1, 0.15) is 21.6 Å². The summed E-state index contributed by atoms with van der Waals surface area (Å²) in [7, 11) is -1.15. The number of carbonyl (C=O) groups excluding carboxylic acids is 1. The molecule has 2 aliphatic rings. The summed E-state index contributed by atoms with van der Waals surface area (Å²) in [5, 5.41) is 9.28. The van der Waals surface area contributed by atoms with Crippen molar-refractivity contribution < 1.29 is 37.7 Å². The standard InChI is InChI=1S/C24H21ClN2O6/c1-13-14(2)22-21(12-19(13)26)32-20-11-15(27(3)4)9-10-18(20)23(22)16-7-5-6-8-17(16)24(28)33-25(29,30)31/h5-12,26H,1-4H3. The maximum atomic E-state index is 12.6. The van der Waals surface area contributed by atoms with Crippen LogP contribution in [0.2, 0.25) is 0 Å². The van der Waals surface area contributed by atoms with Crippen LogP contribution in [-0.2, 0) is 4.29 Å². The number of nitrogens with zero attached hydrogens (tertiary/aromatic N) is 1. The van der Waals surface area contributed by atoms with Crippen LogP contribution in [0.4, 0.5) is 5.69 Å². The third kappa shape index (κ3) is 4.17. The summed E-state index contributed by atoms with van der Waals surface area (Å²) in [6, 6.07) is 13.5. The first-order chi connectivity index (χ1) is 15.5. The summed E-state index contributed by atoms with van der Waals surface area (Å²) >= 11 is 0. The molecule has 0 saturated heterocycles. The van der Waals surface area contributed by atoms with Crippen LogP contribution in [0.5, 0.6) is 0 Å². The second kappa shape index (κ2) is 8.17. The monoisotopic (exact) mass is 468 g/mol. The van der Waals surface area contributed by atoms with Gasteiger partial charge in [0.05, 0.1) is 10.9 Å². The van der Waals surface area contributed by atoms with Crippen molar-refractivity contribution in [2.75, 3.05) is 19.0 Å². The van der Waals surface area contributed by atoms with E-state index in [2.05, 4.69) is 4.29 Å². The van der Waals surface area contributed by atoms with Crippen molar-refractivity contribution >= 4 is 22.6 Å². The maximum absolute atomic E-state index is 12.6. The molecule has 170 valence electrons. The molecule has 1 N–H and O–H groups in total. The Bertz CT molecular complexity index is 1420.